The molecule has 0 atom stereocenters. The van der Waals surface area contributed by atoms with E-state index in [1.807, 2.05) is 0 Å². The molecule has 1 aliphatic rings. The van der Waals surface area contributed by atoms with Crippen LogP contribution in [0, 0.1) is 0 Å². The summed E-state index contributed by atoms with van der Waals surface area (Å²) in [4.78, 5) is 9.47. The first-order valence-corrected chi connectivity index (χ1v) is 9.24. The number of unbranched alkanes of at least 4 members (excludes halogenated alkanes) is 4. The smallest absolute Gasteiger partial charge is 0.188 e. The van der Waals surface area contributed by atoms with Gasteiger partial charge in [0.1, 0.15) is 0 Å². The minimum Gasteiger partial charge on any atom is -0.370 e. The molecule has 1 fully saturated rings. The molecule has 1 aliphatic heterocycles. The van der Waals surface area contributed by atoms with Crippen LogP contribution in [0.1, 0.15) is 52.4 Å². The van der Waals surface area contributed by atoms with Crippen molar-refractivity contribution in [3.63, 3.8) is 0 Å². The van der Waals surface area contributed by atoms with Crippen LogP contribution in [-0.4, -0.2) is 68.1 Å². The van der Waals surface area contributed by atoms with E-state index in [1.165, 1.54) is 71.4 Å². The monoisotopic (exact) mass is 311 g/mol. The molecule has 5 heteroatoms. The Hall–Kier alpha value is -0.810. The lowest BCUT2D eigenvalue weighted by molar-refractivity contribution is 0.136. The van der Waals surface area contributed by atoms with Gasteiger partial charge in [0.2, 0.25) is 0 Å². The van der Waals surface area contributed by atoms with Crippen molar-refractivity contribution in [2.24, 2.45) is 10.7 Å². The molecule has 0 aromatic rings. The second-order valence-electron chi connectivity index (χ2n) is 6.24. The van der Waals surface area contributed by atoms with Crippen LogP contribution < -0.4 is 11.1 Å². The maximum Gasteiger partial charge on any atom is 0.188 e. The van der Waals surface area contributed by atoms with E-state index in [0.717, 1.165) is 19.5 Å². The van der Waals surface area contributed by atoms with Gasteiger partial charge in [0.15, 0.2) is 5.96 Å². The molecule has 0 unspecified atom stereocenters. The number of nitrogens with two attached hydrogens (primary N) is 1. The average molecular weight is 312 g/mol. The molecule has 22 heavy (non-hydrogen) atoms. The zero-order valence-corrected chi connectivity index (χ0v) is 14.8. The lowest BCUT2D eigenvalue weighted by atomic mass is 10.2. The van der Waals surface area contributed by atoms with Crippen LogP contribution in [0.15, 0.2) is 4.99 Å². The molecule has 1 saturated heterocycles. The second kappa shape index (κ2) is 12.7. The topological polar surface area (TPSA) is 56.9 Å². The Balaban J connectivity index is 1.93. The van der Waals surface area contributed by atoms with E-state index in [4.69, 9.17) is 5.73 Å². The van der Waals surface area contributed by atoms with Crippen molar-refractivity contribution in [1.29, 1.82) is 0 Å². The van der Waals surface area contributed by atoms with Crippen LogP contribution in [0.5, 0.6) is 0 Å². The zero-order chi connectivity index (χ0) is 16.0. The SMILES string of the molecule is CCCCCCN=C(N)NCCCCN1CCN(CC)CC1. The Bertz CT molecular complexity index is 285. The van der Waals surface area contributed by atoms with Gasteiger partial charge in [-0.25, -0.2) is 0 Å². The fourth-order valence-corrected chi connectivity index (χ4v) is 2.80. The number of hydrogen-bond donors (Lipinski definition) is 2. The average Bonchev–Trinajstić information content (AvgIpc) is 2.55. The quantitative estimate of drug-likeness (QED) is 0.347. The molecule has 3 N–H and O–H groups in total. The Labute approximate surface area is 137 Å². The summed E-state index contributed by atoms with van der Waals surface area (Å²) in [5.74, 6) is 0.619. The number of aliphatic imine (C=N–C) groups is 1. The summed E-state index contributed by atoms with van der Waals surface area (Å²) in [7, 11) is 0. The van der Waals surface area contributed by atoms with Crippen molar-refractivity contribution < 1.29 is 0 Å². The molecule has 0 amide bonds. The van der Waals surface area contributed by atoms with Gasteiger partial charge in [-0.3, -0.25) is 4.99 Å². The van der Waals surface area contributed by atoms with Crippen molar-refractivity contribution in [2.75, 3.05) is 52.4 Å². The van der Waals surface area contributed by atoms with Crippen LogP contribution in [0.2, 0.25) is 0 Å². The van der Waals surface area contributed by atoms with Crippen molar-refractivity contribution >= 4 is 5.96 Å². The molecule has 0 bridgehead atoms. The first-order valence-electron chi connectivity index (χ1n) is 9.24. The highest BCUT2D eigenvalue weighted by molar-refractivity contribution is 5.77. The molecule has 1 heterocycles. The summed E-state index contributed by atoms with van der Waals surface area (Å²) in [5.41, 5.74) is 5.87. The fourth-order valence-electron chi connectivity index (χ4n) is 2.80. The number of likely N-dealkylation sites (N-methyl/N-ethyl adjacent to an activating group) is 1. The van der Waals surface area contributed by atoms with Crippen LogP contribution in [-0.2, 0) is 0 Å². The summed E-state index contributed by atoms with van der Waals surface area (Å²) >= 11 is 0. The maximum atomic E-state index is 5.87. The van der Waals surface area contributed by atoms with Gasteiger partial charge in [-0.2, -0.15) is 0 Å². The molecule has 0 aromatic carbocycles. The number of nitrogens with one attached hydrogen (secondary N) is 1. The summed E-state index contributed by atoms with van der Waals surface area (Å²) in [6, 6.07) is 0. The number of piperazine rings is 1. The third-order valence-corrected chi connectivity index (χ3v) is 4.41. The van der Waals surface area contributed by atoms with Crippen molar-refractivity contribution in [2.45, 2.75) is 52.4 Å². The van der Waals surface area contributed by atoms with Gasteiger partial charge < -0.3 is 20.9 Å². The van der Waals surface area contributed by atoms with E-state index in [-0.39, 0.29) is 0 Å². The maximum absolute atomic E-state index is 5.87. The van der Waals surface area contributed by atoms with Gasteiger partial charge in [0.05, 0.1) is 0 Å². The highest BCUT2D eigenvalue weighted by atomic mass is 15.3. The van der Waals surface area contributed by atoms with E-state index < -0.39 is 0 Å². The van der Waals surface area contributed by atoms with Gasteiger partial charge in [-0.05, 0) is 32.4 Å². The predicted molar refractivity (Wildman–Crippen MR) is 96.4 cm³/mol. The fraction of sp³-hybridized carbons (Fsp3) is 0.941. The van der Waals surface area contributed by atoms with Gasteiger partial charge in [-0.1, -0.05) is 33.1 Å². The second-order valence-corrected chi connectivity index (χ2v) is 6.24. The van der Waals surface area contributed by atoms with Crippen molar-refractivity contribution in [3.05, 3.63) is 0 Å². The molecule has 1 rings (SSSR count). The minimum absolute atomic E-state index is 0.619. The minimum atomic E-state index is 0.619. The summed E-state index contributed by atoms with van der Waals surface area (Å²) in [6.07, 6.45) is 7.39. The molecule has 0 radical (unpaired) electrons. The first kappa shape index (κ1) is 19.2. The standard InChI is InChI=1S/C17H37N5/c1-3-5-6-7-10-19-17(18)20-11-8-9-12-22-15-13-21(4-2)14-16-22/h3-16H2,1-2H3,(H3,18,19,20). The van der Waals surface area contributed by atoms with Crippen molar-refractivity contribution in [3.8, 4) is 0 Å². The molecule has 0 spiro atoms. The Morgan fingerprint density at radius 3 is 2.36 bits per heavy atom. The highest BCUT2D eigenvalue weighted by Gasteiger charge is 2.14. The van der Waals surface area contributed by atoms with Crippen molar-refractivity contribution in [1.82, 2.24) is 15.1 Å². The van der Waals surface area contributed by atoms with Gasteiger partial charge in [0, 0.05) is 39.3 Å². The Morgan fingerprint density at radius 2 is 1.68 bits per heavy atom. The summed E-state index contributed by atoms with van der Waals surface area (Å²) in [6.45, 7) is 13.6. The van der Waals surface area contributed by atoms with Crippen LogP contribution in [0.4, 0.5) is 0 Å². The van der Waals surface area contributed by atoms with Crippen LogP contribution in [0.25, 0.3) is 0 Å². The number of rotatable bonds is 11. The number of guanidine groups is 1. The molecule has 0 aliphatic carbocycles. The largest absolute Gasteiger partial charge is 0.370 e. The zero-order valence-electron chi connectivity index (χ0n) is 14.8. The van der Waals surface area contributed by atoms with E-state index >= 15 is 0 Å². The first-order chi connectivity index (χ1) is 10.8. The highest BCUT2D eigenvalue weighted by Crippen LogP contribution is 2.03. The molecule has 0 aromatic heterocycles. The summed E-state index contributed by atoms with van der Waals surface area (Å²) in [5, 5.41) is 3.23. The number of nitrogens with zero attached hydrogens (tertiary/aromatic N) is 3. The van der Waals surface area contributed by atoms with Gasteiger partial charge in [0.25, 0.3) is 0 Å². The van der Waals surface area contributed by atoms with E-state index in [2.05, 4.69) is 34.0 Å². The van der Waals surface area contributed by atoms with Gasteiger partial charge >= 0.3 is 0 Å². The third kappa shape index (κ3) is 9.26. The molecule has 130 valence electrons. The van der Waals surface area contributed by atoms with Crippen LogP contribution >= 0.6 is 0 Å². The van der Waals surface area contributed by atoms with E-state index in [1.54, 1.807) is 0 Å². The molecule has 5 nitrogen and oxygen atoms in total. The predicted octanol–water partition coefficient (Wildman–Crippen LogP) is 1.89. The normalized spacial score (nSPS) is 17.8. The Kier molecular flexibility index (Phi) is 11.1. The summed E-state index contributed by atoms with van der Waals surface area (Å²) < 4.78 is 0. The lowest BCUT2D eigenvalue weighted by Gasteiger charge is -2.33. The van der Waals surface area contributed by atoms with E-state index in [9.17, 15) is 0 Å². The lowest BCUT2D eigenvalue weighted by Crippen LogP contribution is -2.46. The van der Waals surface area contributed by atoms with Crippen LogP contribution in [0.3, 0.4) is 0 Å². The van der Waals surface area contributed by atoms with E-state index in [0.29, 0.717) is 5.96 Å². The molecular weight excluding hydrogens is 274 g/mol. The Morgan fingerprint density at radius 1 is 0.955 bits per heavy atom. The number of hydrogen-bond acceptors (Lipinski definition) is 3. The molecular formula is C17H37N5. The third-order valence-electron chi connectivity index (χ3n) is 4.41. The molecule has 0 saturated carbocycles. The van der Waals surface area contributed by atoms with Gasteiger partial charge in [-0.15, -0.1) is 0 Å².